The molecular weight excluding hydrogens is 192 g/mol. The molecule has 2 rings (SSSR count). The van der Waals surface area contributed by atoms with Crippen molar-refractivity contribution in [1.82, 2.24) is 4.98 Å². The van der Waals surface area contributed by atoms with Crippen molar-refractivity contribution in [3.8, 4) is 0 Å². The number of aromatic nitrogens is 1. The molecule has 0 aliphatic heterocycles. The molecule has 0 saturated heterocycles. The lowest BCUT2D eigenvalue weighted by atomic mass is 9.87. The van der Waals surface area contributed by atoms with Crippen molar-refractivity contribution in [2.45, 2.75) is 38.0 Å². The fraction of sp³-hybridized carbons (Fsp3) is 0.545. The molecule has 0 unspecified atom stereocenters. The molecule has 0 aromatic carbocycles. The maximum absolute atomic E-state index is 8.11. The van der Waals surface area contributed by atoms with Crippen LogP contribution in [-0.4, -0.2) is 10.2 Å². The van der Waals surface area contributed by atoms with E-state index >= 15 is 0 Å². The molecule has 4 nitrogen and oxygen atoms in total. The average molecular weight is 208 g/mol. The second-order valence-electron chi connectivity index (χ2n) is 3.67. The minimum Gasteiger partial charge on any atom is -0.379 e. The van der Waals surface area contributed by atoms with Crippen LogP contribution in [0.2, 0.25) is 0 Å². The molecule has 0 radical (unpaired) electrons. The van der Waals surface area contributed by atoms with E-state index in [1.807, 2.05) is 12.3 Å². The third-order valence-electron chi connectivity index (χ3n) is 2.71. The zero-order valence-electron chi connectivity index (χ0n) is 8.67. The van der Waals surface area contributed by atoms with Crippen LogP contribution in [-0.2, 0) is 0 Å². The van der Waals surface area contributed by atoms with Gasteiger partial charge in [0.25, 0.3) is 0 Å². The molecule has 0 spiro atoms. The Hall–Kier alpha value is -1.45. The fourth-order valence-corrected chi connectivity index (χ4v) is 2.02. The maximum Gasteiger partial charge on any atom is 0.152 e. The molecule has 1 aromatic heterocycles. The van der Waals surface area contributed by atoms with Gasteiger partial charge in [0.1, 0.15) is 0 Å². The van der Waals surface area contributed by atoms with Crippen molar-refractivity contribution in [2.75, 3.05) is 0 Å². The molecule has 4 heteroatoms. The molecule has 1 aliphatic carbocycles. The molecular formula is C11H16N2O2. The number of pyridine rings is 1. The van der Waals surface area contributed by atoms with E-state index in [9.17, 15) is 0 Å². The summed E-state index contributed by atoms with van der Waals surface area (Å²) < 4.78 is 0. The topological polar surface area (TPSA) is 62.5 Å². The average Bonchev–Trinajstić information content (AvgIpc) is 2.32. The van der Waals surface area contributed by atoms with Crippen molar-refractivity contribution in [3.05, 3.63) is 35.0 Å². The molecule has 1 fully saturated rings. The molecule has 0 amide bonds. The first kappa shape index (κ1) is 11.6. The van der Waals surface area contributed by atoms with Gasteiger partial charge >= 0.3 is 0 Å². The zero-order valence-corrected chi connectivity index (χ0v) is 8.67. The number of nitrogens with zero attached hydrogens (tertiary/aromatic N) is 2. The van der Waals surface area contributed by atoms with Crippen molar-refractivity contribution in [2.24, 2.45) is 5.34 Å². The lowest BCUT2D eigenvalue weighted by Crippen LogP contribution is -2.05. The molecule has 1 aliphatic rings. The Morgan fingerprint density at radius 3 is 2.47 bits per heavy atom. The van der Waals surface area contributed by atoms with E-state index in [-0.39, 0.29) is 0 Å². The van der Waals surface area contributed by atoms with Crippen molar-refractivity contribution in [1.29, 1.82) is 0 Å². The SMILES string of the molecule is O=NO.c1ccc(C2CCCCC2)nc1. The monoisotopic (exact) mass is 208 g/mol. The minimum atomic E-state index is 0.750. The zero-order chi connectivity index (χ0) is 10.9. The summed E-state index contributed by atoms with van der Waals surface area (Å²) in [4.78, 5) is 12.5. The molecule has 1 heterocycles. The predicted molar refractivity (Wildman–Crippen MR) is 57.6 cm³/mol. The highest BCUT2D eigenvalue weighted by atomic mass is 16.6. The third kappa shape index (κ3) is 4.06. The second-order valence-corrected chi connectivity index (χ2v) is 3.67. The normalized spacial score (nSPS) is 16.3. The first-order chi connectivity index (χ1) is 7.38. The smallest absolute Gasteiger partial charge is 0.152 e. The van der Waals surface area contributed by atoms with Crippen LogP contribution in [0.5, 0.6) is 0 Å². The lowest BCUT2D eigenvalue weighted by Gasteiger charge is -2.20. The molecule has 1 saturated carbocycles. The Bertz CT molecular complexity index is 271. The van der Waals surface area contributed by atoms with Crippen LogP contribution >= 0.6 is 0 Å². The van der Waals surface area contributed by atoms with Crippen molar-refractivity contribution < 1.29 is 5.21 Å². The summed E-state index contributed by atoms with van der Waals surface area (Å²) in [6, 6.07) is 6.25. The summed E-state index contributed by atoms with van der Waals surface area (Å²) in [5, 5.41) is 7.89. The van der Waals surface area contributed by atoms with E-state index in [0.29, 0.717) is 0 Å². The highest BCUT2D eigenvalue weighted by molar-refractivity contribution is 5.09. The third-order valence-corrected chi connectivity index (χ3v) is 2.71. The van der Waals surface area contributed by atoms with Crippen LogP contribution in [0.1, 0.15) is 43.7 Å². The van der Waals surface area contributed by atoms with Gasteiger partial charge < -0.3 is 5.21 Å². The van der Waals surface area contributed by atoms with Gasteiger partial charge in [0.2, 0.25) is 0 Å². The van der Waals surface area contributed by atoms with E-state index in [1.165, 1.54) is 43.1 Å². The van der Waals surface area contributed by atoms with Gasteiger partial charge in [-0.15, -0.1) is 4.91 Å². The first-order valence-corrected chi connectivity index (χ1v) is 5.26. The van der Waals surface area contributed by atoms with Crippen LogP contribution in [0, 0.1) is 4.91 Å². The highest BCUT2D eigenvalue weighted by Crippen LogP contribution is 2.30. The number of rotatable bonds is 1. The summed E-state index contributed by atoms with van der Waals surface area (Å²) in [5.74, 6) is 0.750. The van der Waals surface area contributed by atoms with Gasteiger partial charge in [0, 0.05) is 17.8 Å². The second kappa shape index (κ2) is 6.92. The quantitative estimate of drug-likeness (QED) is 0.569. The molecule has 1 aromatic rings. The van der Waals surface area contributed by atoms with Gasteiger partial charge in [0.15, 0.2) is 5.34 Å². The molecule has 0 bridgehead atoms. The number of hydrogen-bond acceptors (Lipinski definition) is 3. The Kier molecular flexibility index (Phi) is 5.37. The summed E-state index contributed by atoms with van der Waals surface area (Å²) in [7, 11) is 0. The summed E-state index contributed by atoms with van der Waals surface area (Å²) in [6.07, 6.45) is 8.80. The first-order valence-electron chi connectivity index (χ1n) is 5.26. The minimum absolute atomic E-state index is 0.750. The predicted octanol–water partition coefficient (Wildman–Crippen LogP) is 3.27. The van der Waals surface area contributed by atoms with E-state index in [0.717, 1.165) is 5.92 Å². The van der Waals surface area contributed by atoms with Gasteiger partial charge in [-0.1, -0.05) is 25.3 Å². The van der Waals surface area contributed by atoms with Crippen LogP contribution in [0.3, 0.4) is 0 Å². The molecule has 15 heavy (non-hydrogen) atoms. The summed E-state index contributed by atoms with van der Waals surface area (Å²) in [5.41, 5.74) is 1.30. The van der Waals surface area contributed by atoms with Crippen LogP contribution in [0.4, 0.5) is 0 Å². The fourth-order valence-electron chi connectivity index (χ4n) is 2.02. The van der Waals surface area contributed by atoms with Crippen LogP contribution < -0.4 is 0 Å². The van der Waals surface area contributed by atoms with Crippen LogP contribution in [0.15, 0.2) is 29.7 Å². The molecule has 82 valence electrons. The summed E-state index contributed by atoms with van der Waals surface area (Å²) >= 11 is 0. The van der Waals surface area contributed by atoms with Crippen LogP contribution in [0.25, 0.3) is 0 Å². The maximum atomic E-state index is 8.11. The largest absolute Gasteiger partial charge is 0.379 e. The lowest BCUT2D eigenvalue weighted by molar-refractivity contribution is 0.312. The van der Waals surface area contributed by atoms with E-state index in [4.69, 9.17) is 10.1 Å². The molecule has 0 atom stereocenters. The van der Waals surface area contributed by atoms with Gasteiger partial charge in [-0.25, -0.2) is 0 Å². The summed E-state index contributed by atoms with van der Waals surface area (Å²) in [6.45, 7) is 0. The van der Waals surface area contributed by atoms with Gasteiger partial charge in [0.05, 0.1) is 0 Å². The Morgan fingerprint density at radius 2 is 1.93 bits per heavy atom. The van der Waals surface area contributed by atoms with Gasteiger partial charge in [-0.3, -0.25) is 4.98 Å². The Balaban J connectivity index is 0.000000337. The van der Waals surface area contributed by atoms with Crippen molar-refractivity contribution in [3.63, 3.8) is 0 Å². The van der Waals surface area contributed by atoms with Gasteiger partial charge in [-0.05, 0) is 25.0 Å². The van der Waals surface area contributed by atoms with E-state index < -0.39 is 0 Å². The Labute approximate surface area is 89.3 Å². The van der Waals surface area contributed by atoms with E-state index in [2.05, 4.69) is 17.1 Å². The highest BCUT2D eigenvalue weighted by Gasteiger charge is 2.15. The Morgan fingerprint density at radius 1 is 1.27 bits per heavy atom. The van der Waals surface area contributed by atoms with Crippen molar-refractivity contribution >= 4 is 0 Å². The van der Waals surface area contributed by atoms with Gasteiger partial charge in [-0.2, -0.15) is 0 Å². The standard InChI is InChI=1S/C11H15N.HNO2/c1-2-6-10(7-3-1)11-8-4-5-9-12-11;2-1-3/h4-5,8-10H,1-3,6-7H2;(H,2,3). The number of hydrogen-bond donors (Lipinski definition) is 1. The van der Waals surface area contributed by atoms with E-state index in [1.54, 1.807) is 0 Å². The molecule has 1 N–H and O–H groups in total.